The number of nitrogens with one attached hydrogen (secondary N) is 1. The van der Waals surface area contributed by atoms with Crippen molar-refractivity contribution in [2.75, 3.05) is 20.1 Å². The van der Waals surface area contributed by atoms with E-state index in [1.807, 2.05) is 24.3 Å². The predicted molar refractivity (Wildman–Crippen MR) is 76.6 cm³/mol. The van der Waals surface area contributed by atoms with Gasteiger partial charge in [0.1, 0.15) is 0 Å². The van der Waals surface area contributed by atoms with Crippen LogP contribution in [0.25, 0.3) is 0 Å². The van der Waals surface area contributed by atoms with Gasteiger partial charge in [0.25, 0.3) is 0 Å². The van der Waals surface area contributed by atoms with Gasteiger partial charge in [-0.15, -0.1) is 0 Å². The van der Waals surface area contributed by atoms with Crippen molar-refractivity contribution in [1.29, 1.82) is 0 Å². The van der Waals surface area contributed by atoms with E-state index >= 15 is 0 Å². The SMILES string of the molecule is CN1CC(CNC(=O)Cc2ccc(Br)cc2)CC1=O. The minimum atomic E-state index is 0.00400. The van der Waals surface area contributed by atoms with Crippen LogP contribution in [0.15, 0.2) is 28.7 Å². The van der Waals surface area contributed by atoms with E-state index in [2.05, 4.69) is 21.2 Å². The number of hydrogen-bond donors (Lipinski definition) is 1. The lowest BCUT2D eigenvalue weighted by Gasteiger charge is -2.11. The molecule has 1 unspecified atom stereocenters. The molecule has 19 heavy (non-hydrogen) atoms. The summed E-state index contributed by atoms with van der Waals surface area (Å²) in [7, 11) is 1.80. The van der Waals surface area contributed by atoms with Crippen LogP contribution >= 0.6 is 15.9 Å². The number of hydrogen-bond acceptors (Lipinski definition) is 2. The molecule has 0 saturated carbocycles. The van der Waals surface area contributed by atoms with Gasteiger partial charge in [-0.1, -0.05) is 28.1 Å². The maximum atomic E-state index is 11.8. The van der Waals surface area contributed by atoms with Gasteiger partial charge in [-0.3, -0.25) is 9.59 Å². The number of carbonyl (C=O) groups excluding carboxylic acids is 2. The van der Waals surface area contributed by atoms with Gasteiger partial charge in [-0.05, 0) is 17.7 Å². The molecule has 0 aliphatic carbocycles. The van der Waals surface area contributed by atoms with Crippen molar-refractivity contribution < 1.29 is 9.59 Å². The van der Waals surface area contributed by atoms with Crippen LogP contribution in [0, 0.1) is 5.92 Å². The summed E-state index contributed by atoms with van der Waals surface area (Å²) < 4.78 is 1.00. The van der Waals surface area contributed by atoms with Gasteiger partial charge in [-0.25, -0.2) is 0 Å². The van der Waals surface area contributed by atoms with Gasteiger partial charge < -0.3 is 10.2 Å². The minimum Gasteiger partial charge on any atom is -0.355 e. The first-order valence-electron chi connectivity index (χ1n) is 6.29. The largest absolute Gasteiger partial charge is 0.355 e. The number of carbonyl (C=O) groups is 2. The molecule has 1 aliphatic heterocycles. The smallest absolute Gasteiger partial charge is 0.224 e. The Labute approximate surface area is 121 Å². The molecule has 1 saturated heterocycles. The number of rotatable bonds is 4. The van der Waals surface area contributed by atoms with E-state index in [1.54, 1.807) is 11.9 Å². The van der Waals surface area contributed by atoms with E-state index in [0.29, 0.717) is 19.4 Å². The Balaban J connectivity index is 1.76. The summed E-state index contributed by atoms with van der Waals surface area (Å²) in [6.07, 6.45) is 0.916. The Morgan fingerprint density at radius 3 is 2.68 bits per heavy atom. The van der Waals surface area contributed by atoms with Gasteiger partial charge >= 0.3 is 0 Å². The molecule has 5 heteroatoms. The standard InChI is InChI=1S/C14H17BrN2O2/c1-17-9-11(7-14(17)19)8-16-13(18)6-10-2-4-12(15)5-3-10/h2-5,11H,6-9H2,1H3,(H,16,18). The lowest BCUT2D eigenvalue weighted by atomic mass is 10.1. The fraction of sp³-hybridized carbons (Fsp3) is 0.429. The Kier molecular flexibility index (Phi) is 4.58. The number of benzene rings is 1. The molecule has 1 N–H and O–H groups in total. The molecule has 1 aliphatic rings. The molecule has 0 aromatic heterocycles. The van der Waals surface area contributed by atoms with Gasteiger partial charge in [-0.2, -0.15) is 0 Å². The molecule has 2 amide bonds. The van der Waals surface area contributed by atoms with Crippen LogP contribution in [0.1, 0.15) is 12.0 Å². The topological polar surface area (TPSA) is 49.4 Å². The summed E-state index contributed by atoms with van der Waals surface area (Å²) in [5, 5.41) is 2.90. The Bertz CT molecular complexity index is 473. The van der Waals surface area contributed by atoms with Crippen LogP contribution in [0.2, 0.25) is 0 Å². The summed E-state index contributed by atoms with van der Waals surface area (Å²) in [4.78, 5) is 24.9. The summed E-state index contributed by atoms with van der Waals surface area (Å²) >= 11 is 3.36. The Morgan fingerprint density at radius 2 is 2.11 bits per heavy atom. The van der Waals surface area contributed by atoms with Crippen LogP contribution in [-0.4, -0.2) is 36.9 Å². The molecule has 1 heterocycles. The van der Waals surface area contributed by atoms with E-state index in [0.717, 1.165) is 16.6 Å². The van der Waals surface area contributed by atoms with Crippen molar-refractivity contribution >= 4 is 27.7 Å². The normalized spacial score (nSPS) is 18.7. The fourth-order valence-corrected chi connectivity index (χ4v) is 2.47. The lowest BCUT2D eigenvalue weighted by molar-refractivity contribution is -0.126. The highest BCUT2D eigenvalue weighted by molar-refractivity contribution is 9.10. The number of likely N-dealkylation sites (tertiary alicyclic amines) is 1. The monoisotopic (exact) mass is 324 g/mol. The van der Waals surface area contributed by atoms with Gasteiger partial charge in [0.2, 0.25) is 11.8 Å². The van der Waals surface area contributed by atoms with Crippen molar-refractivity contribution in [3.8, 4) is 0 Å². The quantitative estimate of drug-likeness (QED) is 0.914. The average Bonchev–Trinajstić information content (AvgIpc) is 2.69. The van der Waals surface area contributed by atoms with Gasteiger partial charge in [0.15, 0.2) is 0 Å². The van der Waals surface area contributed by atoms with E-state index in [4.69, 9.17) is 0 Å². The zero-order valence-corrected chi connectivity index (χ0v) is 12.4. The van der Waals surface area contributed by atoms with Crippen molar-refractivity contribution in [3.05, 3.63) is 34.3 Å². The second kappa shape index (κ2) is 6.19. The van der Waals surface area contributed by atoms with Crippen LogP contribution < -0.4 is 5.32 Å². The fourth-order valence-electron chi connectivity index (χ4n) is 2.20. The summed E-state index contributed by atoms with van der Waals surface area (Å²) in [6, 6.07) is 7.70. The van der Waals surface area contributed by atoms with Crippen LogP contribution in [0.3, 0.4) is 0 Å². The molecule has 1 aromatic carbocycles. The van der Waals surface area contributed by atoms with Crippen molar-refractivity contribution in [2.45, 2.75) is 12.8 Å². The second-order valence-electron chi connectivity index (χ2n) is 4.95. The molecular formula is C14H17BrN2O2. The molecule has 2 rings (SSSR count). The zero-order valence-electron chi connectivity index (χ0n) is 10.9. The zero-order chi connectivity index (χ0) is 13.8. The molecule has 102 valence electrons. The van der Waals surface area contributed by atoms with Crippen molar-refractivity contribution in [3.63, 3.8) is 0 Å². The number of amides is 2. The minimum absolute atomic E-state index is 0.00400. The van der Waals surface area contributed by atoms with Crippen LogP contribution in [0.4, 0.5) is 0 Å². The Hall–Kier alpha value is -1.36. The summed E-state index contributed by atoms with van der Waals surface area (Å²) in [6.45, 7) is 1.31. The number of halogens is 1. The van der Waals surface area contributed by atoms with Gasteiger partial charge in [0.05, 0.1) is 6.42 Å². The summed E-state index contributed by atoms with van der Waals surface area (Å²) in [5.41, 5.74) is 0.986. The van der Waals surface area contributed by atoms with Crippen LogP contribution in [-0.2, 0) is 16.0 Å². The molecule has 1 atom stereocenters. The first kappa shape index (κ1) is 14.1. The van der Waals surface area contributed by atoms with Crippen LogP contribution in [0.5, 0.6) is 0 Å². The highest BCUT2D eigenvalue weighted by Crippen LogP contribution is 2.15. The maximum Gasteiger partial charge on any atom is 0.224 e. The lowest BCUT2D eigenvalue weighted by Crippen LogP contribution is -2.31. The third kappa shape index (κ3) is 4.06. The second-order valence-corrected chi connectivity index (χ2v) is 5.87. The molecule has 4 nitrogen and oxygen atoms in total. The Morgan fingerprint density at radius 1 is 1.42 bits per heavy atom. The molecule has 1 fully saturated rings. The highest BCUT2D eigenvalue weighted by Gasteiger charge is 2.26. The first-order valence-corrected chi connectivity index (χ1v) is 7.09. The third-order valence-corrected chi connectivity index (χ3v) is 3.82. The summed E-state index contributed by atoms with van der Waals surface area (Å²) in [5.74, 6) is 0.405. The van der Waals surface area contributed by atoms with E-state index in [9.17, 15) is 9.59 Å². The molecule has 0 radical (unpaired) electrons. The molecule has 0 spiro atoms. The van der Waals surface area contributed by atoms with E-state index in [1.165, 1.54) is 0 Å². The highest BCUT2D eigenvalue weighted by atomic mass is 79.9. The van der Waals surface area contributed by atoms with Crippen molar-refractivity contribution in [2.24, 2.45) is 5.92 Å². The van der Waals surface area contributed by atoms with E-state index in [-0.39, 0.29) is 17.7 Å². The van der Waals surface area contributed by atoms with Gasteiger partial charge in [0, 0.05) is 36.9 Å². The average molecular weight is 325 g/mol. The predicted octanol–water partition coefficient (Wildman–Crippen LogP) is 1.59. The third-order valence-electron chi connectivity index (χ3n) is 3.29. The first-order chi connectivity index (χ1) is 9.04. The molecular weight excluding hydrogens is 308 g/mol. The molecule has 1 aromatic rings. The number of nitrogens with zero attached hydrogens (tertiary/aromatic N) is 1. The maximum absolute atomic E-state index is 11.8. The molecule has 0 bridgehead atoms. The van der Waals surface area contributed by atoms with Crippen molar-refractivity contribution in [1.82, 2.24) is 10.2 Å². The van der Waals surface area contributed by atoms with E-state index < -0.39 is 0 Å².